The molecule has 1 aromatic rings. The number of nitrogens with zero attached hydrogens (tertiary/aromatic N) is 1. The molecule has 0 radical (unpaired) electrons. The lowest BCUT2D eigenvalue weighted by Gasteiger charge is -2.21. The number of aromatic carboxylic acids is 1. The second-order valence-corrected chi connectivity index (χ2v) is 3.39. The number of hydrogen-bond acceptors (Lipinski definition) is 3. The zero-order chi connectivity index (χ0) is 9.42. The SMILES string of the molecule is Cc1oc(C2CCC2)nc1C(=O)O. The lowest BCUT2D eigenvalue weighted by atomic mass is 9.85. The van der Waals surface area contributed by atoms with Crippen molar-refractivity contribution in [1.29, 1.82) is 0 Å². The van der Waals surface area contributed by atoms with Gasteiger partial charge in [-0.1, -0.05) is 6.42 Å². The van der Waals surface area contributed by atoms with Gasteiger partial charge in [0.1, 0.15) is 5.76 Å². The summed E-state index contributed by atoms with van der Waals surface area (Å²) in [5.41, 5.74) is 0.0573. The van der Waals surface area contributed by atoms with E-state index in [1.165, 1.54) is 6.42 Å². The van der Waals surface area contributed by atoms with Crippen molar-refractivity contribution in [3.63, 3.8) is 0 Å². The number of carboxylic acids is 1. The maximum atomic E-state index is 10.6. The molecule has 0 bridgehead atoms. The molecule has 1 heterocycles. The van der Waals surface area contributed by atoms with E-state index >= 15 is 0 Å². The maximum absolute atomic E-state index is 10.6. The summed E-state index contributed by atoms with van der Waals surface area (Å²) in [4.78, 5) is 14.6. The summed E-state index contributed by atoms with van der Waals surface area (Å²) < 4.78 is 5.29. The van der Waals surface area contributed by atoms with Crippen LogP contribution in [0.1, 0.15) is 47.3 Å². The van der Waals surface area contributed by atoms with E-state index < -0.39 is 5.97 Å². The zero-order valence-corrected chi connectivity index (χ0v) is 7.41. The molecule has 0 amide bonds. The van der Waals surface area contributed by atoms with Crippen LogP contribution in [0, 0.1) is 6.92 Å². The van der Waals surface area contributed by atoms with Gasteiger partial charge in [-0.25, -0.2) is 9.78 Å². The minimum absolute atomic E-state index is 0.0573. The summed E-state index contributed by atoms with van der Waals surface area (Å²) in [7, 11) is 0. The third kappa shape index (κ3) is 1.32. The van der Waals surface area contributed by atoms with E-state index in [-0.39, 0.29) is 5.69 Å². The van der Waals surface area contributed by atoms with E-state index in [1.54, 1.807) is 6.92 Å². The van der Waals surface area contributed by atoms with Crippen LogP contribution < -0.4 is 0 Å². The molecule has 4 nitrogen and oxygen atoms in total. The average molecular weight is 181 g/mol. The second kappa shape index (κ2) is 2.87. The molecule has 2 rings (SSSR count). The van der Waals surface area contributed by atoms with Gasteiger partial charge in [0.05, 0.1) is 0 Å². The van der Waals surface area contributed by atoms with Crippen molar-refractivity contribution in [3.05, 3.63) is 17.3 Å². The van der Waals surface area contributed by atoms with E-state index in [0.29, 0.717) is 17.6 Å². The fourth-order valence-electron chi connectivity index (χ4n) is 1.45. The predicted molar refractivity (Wildman–Crippen MR) is 44.8 cm³/mol. The largest absolute Gasteiger partial charge is 0.476 e. The van der Waals surface area contributed by atoms with Gasteiger partial charge >= 0.3 is 5.97 Å². The molecular weight excluding hydrogens is 170 g/mol. The molecule has 1 N–H and O–H groups in total. The molecule has 0 aliphatic heterocycles. The first-order chi connectivity index (χ1) is 6.18. The summed E-state index contributed by atoms with van der Waals surface area (Å²) in [6.07, 6.45) is 3.33. The summed E-state index contributed by atoms with van der Waals surface area (Å²) in [5.74, 6) is 0.356. The highest BCUT2D eigenvalue weighted by Crippen LogP contribution is 2.36. The Bertz CT molecular complexity index is 339. The summed E-state index contributed by atoms with van der Waals surface area (Å²) in [6, 6.07) is 0. The first-order valence-electron chi connectivity index (χ1n) is 4.39. The van der Waals surface area contributed by atoms with Gasteiger partial charge in [-0.3, -0.25) is 0 Å². The molecule has 1 saturated carbocycles. The number of hydrogen-bond donors (Lipinski definition) is 1. The molecule has 70 valence electrons. The average Bonchev–Trinajstić information content (AvgIpc) is 2.27. The van der Waals surface area contributed by atoms with Crippen molar-refractivity contribution in [2.75, 3.05) is 0 Å². The quantitative estimate of drug-likeness (QED) is 0.757. The number of rotatable bonds is 2. The Morgan fingerprint density at radius 1 is 1.62 bits per heavy atom. The number of oxazole rings is 1. The third-order valence-electron chi connectivity index (χ3n) is 2.47. The fourth-order valence-corrected chi connectivity index (χ4v) is 1.45. The molecule has 1 aliphatic carbocycles. The van der Waals surface area contributed by atoms with Crippen LogP contribution in [0.3, 0.4) is 0 Å². The summed E-state index contributed by atoms with van der Waals surface area (Å²) in [6.45, 7) is 1.64. The minimum Gasteiger partial charge on any atom is -0.476 e. The van der Waals surface area contributed by atoms with Crippen molar-refractivity contribution in [2.45, 2.75) is 32.1 Å². The van der Waals surface area contributed by atoms with Crippen LogP contribution in [0.2, 0.25) is 0 Å². The van der Waals surface area contributed by atoms with Crippen LogP contribution in [0.15, 0.2) is 4.42 Å². The number of aromatic nitrogens is 1. The Kier molecular flexibility index (Phi) is 1.83. The molecule has 13 heavy (non-hydrogen) atoms. The molecule has 1 aliphatic rings. The van der Waals surface area contributed by atoms with Crippen LogP contribution in [-0.2, 0) is 0 Å². The van der Waals surface area contributed by atoms with E-state index in [0.717, 1.165) is 12.8 Å². The first kappa shape index (κ1) is 8.29. The summed E-state index contributed by atoms with van der Waals surface area (Å²) in [5, 5.41) is 8.73. The Labute approximate surface area is 75.6 Å². The first-order valence-corrected chi connectivity index (χ1v) is 4.39. The molecule has 0 unspecified atom stereocenters. The molecular formula is C9H11NO3. The lowest BCUT2D eigenvalue weighted by Crippen LogP contribution is -2.09. The van der Waals surface area contributed by atoms with Crippen LogP contribution in [0.4, 0.5) is 0 Å². The van der Waals surface area contributed by atoms with Crippen LogP contribution in [0.5, 0.6) is 0 Å². The van der Waals surface area contributed by atoms with Crippen molar-refractivity contribution in [3.8, 4) is 0 Å². The van der Waals surface area contributed by atoms with Gasteiger partial charge in [0.25, 0.3) is 0 Å². The standard InChI is InChI=1S/C9H11NO3/c1-5-7(9(11)12)10-8(13-5)6-3-2-4-6/h6H,2-4H2,1H3,(H,11,12). The normalized spacial score (nSPS) is 17.0. The molecule has 1 fully saturated rings. The van der Waals surface area contributed by atoms with Crippen molar-refractivity contribution < 1.29 is 14.3 Å². The highest BCUT2D eigenvalue weighted by Gasteiger charge is 2.26. The van der Waals surface area contributed by atoms with Crippen LogP contribution in [-0.4, -0.2) is 16.1 Å². The maximum Gasteiger partial charge on any atom is 0.358 e. The van der Waals surface area contributed by atoms with E-state index in [9.17, 15) is 4.79 Å². The molecule has 0 saturated heterocycles. The van der Waals surface area contributed by atoms with E-state index in [4.69, 9.17) is 9.52 Å². The van der Waals surface area contributed by atoms with Gasteiger partial charge in [0.2, 0.25) is 0 Å². The molecule has 0 aromatic carbocycles. The van der Waals surface area contributed by atoms with Gasteiger partial charge in [-0.2, -0.15) is 0 Å². The Balaban J connectivity index is 2.28. The molecule has 0 spiro atoms. The minimum atomic E-state index is -1.01. The highest BCUT2D eigenvalue weighted by molar-refractivity contribution is 5.86. The smallest absolute Gasteiger partial charge is 0.358 e. The van der Waals surface area contributed by atoms with E-state index in [1.807, 2.05) is 0 Å². The Morgan fingerprint density at radius 3 is 2.69 bits per heavy atom. The van der Waals surface area contributed by atoms with E-state index in [2.05, 4.69) is 4.98 Å². The molecule has 0 atom stereocenters. The van der Waals surface area contributed by atoms with Crippen LogP contribution >= 0.6 is 0 Å². The highest BCUT2D eigenvalue weighted by atomic mass is 16.4. The Hall–Kier alpha value is -1.32. The topological polar surface area (TPSA) is 63.3 Å². The molecule has 4 heteroatoms. The van der Waals surface area contributed by atoms with Gasteiger partial charge in [0.15, 0.2) is 11.6 Å². The predicted octanol–water partition coefficient (Wildman–Crippen LogP) is 1.95. The fraction of sp³-hybridized carbons (Fsp3) is 0.556. The lowest BCUT2D eigenvalue weighted by molar-refractivity contribution is 0.0689. The second-order valence-electron chi connectivity index (χ2n) is 3.39. The number of aryl methyl sites for hydroxylation is 1. The van der Waals surface area contributed by atoms with Gasteiger partial charge in [-0.15, -0.1) is 0 Å². The third-order valence-corrected chi connectivity index (χ3v) is 2.47. The van der Waals surface area contributed by atoms with Crippen molar-refractivity contribution in [1.82, 2.24) is 4.98 Å². The van der Waals surface area contributed by atoms with Crippen molar-refractivity contribution in [2.24, 2.45) is 0 Å². The number of carbonyl (C=O) groups is 1. The number of carboxylic acid groups (broad SMARTS) is 1. The monoisotopic (exact) mass is 181 g/mol. The van der Waals surface area contributed by atoms with Crippen molar-refractivity contribution >= 4 is 5.97 Å². The molecule has 1 aromatic heterocycles. The zero-order valence-electron chi connectivity index (χ0n) is 7.41. The van der Waals surface area contributed by atoms with Gasteiger partial charge < -0.3 is 9.52 Å². The van der Waals surface area contributed by atoms with Gasteiger partial charge in [-0.05, 0) is 19.8 Å². The summed E-state index contributed by atoms with van der Waals surface area (Å²) >= 11 is 0. The Morgan fingerprint density at radius 2 is 2.31 bits per heavy atom. The van der Waals surface area contributed by atoms with Crippen LogP contribution in [0.25, 0.3) is 0 Å². The van der Waals surface area contributed by atoms with Gasteiger partial charge in [0, 0.05) is 5.92 Å².